The molecule has 1 aliphatic rings. The van der Waals surface area contributed by atoms with Crippen LogP contribution < -0.4 is 0 Å². The van der Waals surface area contributed by atoms with Crippen molar-refractivity contribution in [3.8, 4) is 0 Å². The van der Waals surface area contributed by atoms with Gasteiger partial charge in [0.2, 0.25) is 11.8 Å². The van der Waals surface area contributed by atoms with Crippen molar-refractivity contribution >= 4 is 35.0 Å². The molecule has 1 aromatic carbocycles. The number of likely N-dealkylation sites (tertiary alicyclic amines) is 1. The molecule has 2 rings (SSSR count). The van der Waals surface area contributed by atoms with E-state index in [1.807, 2.05) is 0 Å². The van der Waals surface area contributed by atoms with Crippen LogP contribution in [0, 0.1) is 5.92 Å². The molecule has 0 bridgehead atoms. The largest absolute Gasteiger partial charge is 0.278 e. The minimum Gasteiger partial charge on any atom is -0.278 e. The fourth-order valence-electron chi connectivity index (χ4n) is 1.90. The zero-order valence-electron chi connectivity index (χ0n) is 9.24. The third-order valence-corrected chi connectivity index (χ3v) is 3.17. The lowest BCUT2D eigenvalue weighted by atomic mass is 10.1. The maximum absolute atomic E-state index is 11.7. The molecule has 3 nitrogen and oxygen atoms in total. The van der Waals surface area contributed by atoms with Crippen molar-refractivity contribution in [1.82, 2.24) is 4.90 Å². The van der Waals surface area contributed by atoms with Crippen molar-refractivity contribution in [2.24, 2.45) is 5.92 Å². The van der Waals surface area contributed by atoms with Crippen LogP contribution in [0.3, 0.4) is 0 Å². The molecule has 0 radical (unpaired) electrons. The Kier molecular flexibility index (Phi) is 3.40. The molecule has 1 fully saturated rings. The van der Waals surface area contributed by atoms with E-state index in [2.05, 4.69) is 0 Å². The maximum atomic E-state index is 11.7. The molecule has 0 saturated carbocycles. The van der Waals surface area contributed by atoms with Gasteiger partial charge >= 0.3 is 0 Å². The van der Waals surface area contributed by atoms with E-state index in [9.17, 15) is 9.59 Å². The highest BCUT2D eigenvalue weighted by atomic mass is 35.5. The first-order valence-corrected chi connectivity index (χ1v) is 6.02. The molecule has 1 unspecified atom stereocenters. The molecule has 1 atom stereocenters. The third kappa shape index (κ3) is 2.61. The van der Waals surface area contributed by atoms with Crippen molar-refractivity contribution in [3.05, 3.63) is 33.8 Å². The smallest absolute Gasteiger partial charge is 0.232 e. The molecule has 0 aliphatic carbocycles. The number of amides is 2. The Morgan fingerprint density at radius 1 is 1.24 bits per heavy atom. The van der Waals surface area contributed by atoms with Crippen LogP contribution in [0.4, 0.5) is 0 Å². The summed E-state index contributed by atoms with van der Waals surface area (Å²) < 4.78 is 0. The lowest BCUT2D eigenvalue weighted by Crippen LogP contribution is -2.29. The van der Waals surface area contributed by atoms with Gasteiger partial charge < -0.3 is 0 Å². The normalized spacial score (nSPS) is 20.2. The Bertz CT molecular complexity index is 467. The summed E-state index contributed by atoms with van der Waals surface area (Å²) in [5.41, 5.74) is 0.762. The highest BCUT2D eigenvalue weighted by molar-refractivity contribution is 6.34. The molecular weight excluding hydrogens is 261 g/mol. The van der Waals surface area contributed by atoms with E-state index in [0.717, 1.165) is 5.56 Å². The lowest BCUT2D eigenvalue weighted by Gasteiger charge is -2.14. The van der Waals surface area contributed by atoms with Crippen molar-refractivity contribution in [2.45, 2.75) is 19.9 Å². The first-order valence-electron chi connectivity index (χ1n) is 5.26. The minimum absolute atomic E-state index is 0.133. The van der Waals surface area contributed by atoms with Gasteiger partial charge in [-0.05, 0) is 23.8 Å². The number of benzene rings is 1. The molecule has 0 spiro atoms. The van der Waals surface area contributed by atoms with Gasteiger partial charge in [0.05, 0.1) is 6.54 Å². The second kappa shape index (κ2) is 4.67. The Hall–Kier alpha value is -1.06. The Labute approximate surface area is 109 Å². The van der Waals surface area contributed by atoms with Crippen LogP contribution in [0.25, 0.3) is 0 Å². The van der Waals surface area contributed by atoms with Crippen molar-refractivity contribution in [1.29, 1.82) is 0 Å². The number of nitrogens with zero attached hydrogens (tertiary/aromatic N) is 1. The number of hydrogen-bond acceptors (Lipinski definition) is 2. The maximum Gasteiger partial charge on any atom is 0.232 e. The monoisotopic (exact) mass is 271 g/mol. The summed E-state index contributed by atoms with van der Waals surface area (Å²) in [6, 6.07) is 5.02. The molecule has 1 aromatic rings. The molecule has 2 amide bonds. The first kappa shape index (κ1) is 12.4. The van der Waals surface area contributed by atoms with Crippen LogP contribution in [0.15, 0.2) is 18.2 Å². The average Bonchev–Trinajstić information content (AvgIpc) is 2.44. The van der Waals surface area contributed by atoms with Gasteiger partial charge in [-0.25, -0.2) is 0 Å². The van der Waals surface area contributed by atoms with Gasteiger partial charge in [-0.15, -0.1) is 0 Å². The number of halogens is 2. The highest BCUT2D eigenvalue weighted by Crippen LogP contribution is 2.24. The van der Waals surface area contributed by atoms with Gasteiger partial charge in [-0.2, -0.15) is 0 Å². The van der Waals surface area contributed by atoms with E-state index in [4.69, 9.17) is 23.2 Å². The molecule has 1 aliphatic heterocycles. The second-order valence-electron chi connectivity index (χ2n) is 4.20. The standard InChI is InChI=1S/C12H11Cl2NO2/c1-7-2-11(16)15(12(7)17)6-8-3-9(13)5-10(14)4-8/h3-5,7H,2,6H2,1H3. The molecule has 0 N–H and O–H groups in total. The summed E-state index contributed by atoms with van der Waals surface area (Å²) in [6.45, 7) is 1.99. The molecule has 5 heteroatoms. The second-order valence-corrected chi connectivity index (χ2v) is 5.07. The Morgan fingerprint density at radius 3 is 2.29 bits per heavy atom. The lowest BCUT2D eigenvalue weighted by molar-refractivity contribution is -0.139. The average molecular weight is 272 g/mol. The number of imide groups is 1. The van der Waals surface area contributed by atoms with Crippen molar-refractivity contribution in [3.63, 3.8) is 0 Å². The summed E-state index contributed by atoms with van der Waals surface area (Å²) in [5.74, 6) is -0.498. The summed E-state index contributed by atoms with van der Waals surface area (Å²) in [5, 5.41) is 0.999. The number of rotatable bonds is 2. The SMILES string of the molecule is CC1CC(=O)N(Cc2cc(Cl)cc(Cl)c2)C1=O. The predicted octanol–water partition coefficient (Wildman–Crippen LogP) is 2.89. The van der Waals surface area contributed by atoms with Gasteiger partial charge in [0.25, 0.3) is 0 Å². The van der Waals surface area contributed by atoms with Gasteiger partial charge in [-0.1, -0.05) is 30.1 Å². The van der Waals surface area contributed by atoms with Gasteiger partial charge in [0.1, 0.15) is 0 Å². The van der Waals surface area contributed by atoms with Gasteiger partial charge in [-0.3, -0.25) is 14.5 Å². The first-order chi connectivity index (χ1) is 7.97. The van der Waals surface area contributed by atoms with Gasteiger partial charge in [0, 0.05) is 22.4 Å². The predicted molar refractivity (Wildman–Crippen MR) is 65.8 cm³/mol. The van der Waals surface area contributed by atoms with Crippen LogP contribution in [0.1, 0.15) is 18.9 Å². The van der Waals surface area contributed by atoms with Crippen LogP contribution in [-0.2, 0) is 16.1 Å². The van der Waals surface area contributed by atoms with Gasteiger partial charge in [0.15, 0.2) is 0 Å². The zero-order chi connectivity index (χ0) is 12.6. The van der Waals surface area contributed by atoms with Crippen LogP contribution in [0.2, 0.25) is 10.0 Å². The summed E-state index contributed by atoms with van der Waals surface area (Å²) >= 11 is 11.7. The summed E-state index contributed by atoms with van der Waals surface area (Å²) in [4.78, 5) is 24.6. The Balaban J connectivity index is 2.21. The number of hydrogen-bond donors (Lipinski definition) is 0. The summed E-state index contributed by atoms with van der Waals surface area (Å²) in [6.07, 6.45) is 0.285. The third-order valence-electron chi connectivity index (χ3n) is 2.73. The molecule has 90 valence electrons. The Morgan fingerprint density at radius 2 is 1.82 bits per heavy atom. The molecule has 0 aromatic heterocycles. The van der Waals surface area contributed by atoms with E-state index in [1.54, 1.807) is 25.1 Å². The fraction of sp³-hybridized carbons (Fsp3) is 0.333. The van der Waals surface area contributed by atoms with Crippen molar-refractivity contribution in [2.75, 3.05) is 0 Å². The van der Waals surface area contributed by atoms with E-state index in [0.29, 0.717) is 10.0 Å². The molecule has 1 heterocycles. The number of carbonyl (C=O) groups excluding carboxylic acids is 2. The fourth-order valence-corrected chi connectivity index (χ4v) is 2.47. The molecular formula is C12H11Cl2NO2. The van der Waals surface area contributed by atoms with E-state index in [1.165, 1.54) is 4.90 Å². The summed E-state index contributed by atoms with van der Waals surface area (Å²) in [7, 11) is 0. The zero-order valence-corrected chi connectivity index (χ0v) is 10.8. The van der Waals surface area contributed by atoms with Crippen molar-refractivity contribution < 1.29 is 9.59 Å². The molecule has 17 heavy (non-hydrogen) atoms. The van der Waals surface area contributed by atoms with E-state index < -0.39 is 0 Å². The topological polar surface area (TPSA) is 37.4 Å². The van der Waals surface area contributed by atoms with E-state index in [-0.39, 0.29) is 30.7 Å². The quantitative estimate of drug-likeness (QED) is 0.776. The number of carbonyl (C=O) groups is 2. The minimum atomic E-state index is -0.225. The van der Waals surface area contributed by atoms with E-state index >= 15 is 0 Å². The van der Waals surface area contributed by atoms with Crippen LogP contribution >= 0.6 is 23.2 Å². The highest BCUT2D eigenvalue weighted by Gasteiger charge is 2.35. The van der Waals surface area contributed by atoms with Crippen LogP contribution in [-0.4, -0.2) is 16.7 Å². The van der Waals surface area contributed by atoms with Crippen LogP contribution in [0.5, 0.6) is 0 Å². The molecule has 1 saturated heterocycles.